The first-order valence-corrected chi connectivity index (χ1v) is 6.16. The number of carbonyl (C=O) groups excluding carboxylic acids is 1. The maximum absolute atomic E-state index is 12.0. The zero-order chi connectivity index (χ0) is 12.7. The topological polar surface area (TPSA) is 41.1 Å². The summed E-state index contributed by atoms with van der Waals surface area (Å²) in [5.74, 6) is 0.508. The van der Waals surface area contributed by atoms with E-state index in [-0.39, 0.29) is 5.91 Å². The zero-order valence-corrected chi connectivity index (χ0v) is 10.9. The number of nitrogens with one attached hydrogen (secondary N) is 2. The van der Waals surface area contributed by atoms with Crippen LogP contribution in [0.4, 0.5) is 0 Å². The molecule has 0 aliphatic heterocycles. The molecule has 0 atom stereocenters. The Balaban J connectivity index is 2.70. The van der Waals surface area contributed by atoms with Gasteiger partial charge in [0.1, 0.15) is 0 Å². The maximum atomic E-state index is 12.0. The Hall–Kier alpha value is -1.35. The molecule has 0 saturated heterocycles. The molecule has 0 heterocycles. The summed E-state index contributed by atoms with van der Waals surface area (Å²) in [6.07, 6.45) is 0.877. The normalized spacial score (nSPS) is 10.6. The molecule has 17 heavy (non-hydrogen) atoms. The molecular weight excluding hydrogens is 212 g/mol. The first-order chi connectivity index (χ1) is 8.15. The van der Waals surface area contributed by atoms with Crippen molar-refractivity contribution in [2.75, 3.05) is 20.1 Å². The number of rotatable bonds is 6. The Morgan fingerprint density at radius 2 is 2.00 bits per heavy atom. The number of hydrogen-bond donors (Lipinski definition) is 2. The summed E-state index contributed by atoms with van der Waals surface area (Å²) in [6, 6.07) is 7.79. The van der Waals surface area contributed by atoms with Crippen LogP contribution in [-0.4, -0.2) is 26.0 Å². The number of amides is 1. The minimum atomic E-state index is 0.0328. The summed E-state index contributed by atoms with van der Waals surface area (Å²) in [5, 5.41) is 6.06. The minimum Gasteiger partial charge on any atom is -0.352 e. The summed E-state index contributed by atoms with van der Waals surface area (Å²) in [5.41, 5.74) is 1.89. The second-order valence-corrected chi connectivity index (χ2v) is 4.61. The lowest BCUT2D eigenvalue weighted by atomic mass is 10.0. The Bertz CT molecular complexity index is 361. The molecule has 0 bridgehead atoms. The van der Waals surface area contributed by atoms with Gasteiger partial charge in [-0.3, -0.25) is 4.79 Å². The lowest BCUT2D eigenvalue weighted by molar-refractivity contribution is 0.0948. The van der Waals surface area contributed by atoms with Gasteiger partial charge in [-0.15, -0.1) is 0 Å². The molecule has 94 valence electrons. The molecule has 0 fully saturated rings. The first kappa shape index (κ1) is 13.7. The van der Waals surface area contributed by atoms with E-state index in [4.69, 9.17) is 0 Å². The fourth-order valence-corrected chi connectivity index (χ4v) is 1.61. The quantitative estimate of drug-likeness (QED) is 0.788. The average molecular weight is 234 g/mol. The summed E-state index contributed by atoms with van der Waals surface area (Å²) in [4.78, 5) is 12.0. The minimum absolute atomic E-state index is 0.0328. The zero-order valence-electron chi connectivity index (χ0n) is 10.9. The number of likely N-dealkylation sites (N-methyl/N-ethyl adjacent to an activating group) is 1. The molecular formula is C14H22N2O. The van der Waals surface area contributed by atoms with Crippen LogP contribution in [0, 0.1) is 5.92 Å². The highest BCUT2D eigenvalue weighted by atomic mass is 16.1. The smallest absolute Gasteiger partial charge is 0.251 e. The van der Waals surface area contributed by atoms with Crippen molar-refractivity contribution in [1.82, 2.24) is 10.6 Å². The summed E-state index contributed by atoms with van der Waals surface area (Å²) < 4.78 is 0. The molecule has 0 aliphatic rings. The van der Waals surface area contributed by atoms with E-state index in [1.54, 1.807) is 0 Å². The molecule has 1 aromatic carbocycles. The average Bonchev–Trinajstić information content (AvgIpc) is 2.33. The molecule has 0 unspecified atom stereocenters. The molecule has 3 heteroatoms. The van der Waals surface area contributed by atoms with Gasteiger partial charge in [0.15, 0.2) is 0 Å². The predicted octanol–water partition coefficient (Wildman–Crippen LogP) is 1.83. The van der Waals surface area contributed by atoms with E-state index in [0.717, 1.165) is 30.6 Å². The van der Waals surface area contributed by atoms with Gasteiger partial charge in [-0.25, -0.2) is 0 Å². The fourth-order valence-electron chi connectivity index (χ4n) is 1.61. The molecule has 1 aromatic rings. The van der Waals surface area contributed by atoms with Crippen molar-refractivity contribution >= 4 is 5.91 Å². The molecule has 3 nitrogen and oxygen atoms in total. The van der Waals surface area contributed by atoms with E-state index in [2.05, 4.69) is 24.5 Å². The van der Waals surface area contributed by atoms with E-state index in [9.17, 15) is 4.79 Å². The van der Waals surface area contributed by atoms with E-state index in [0.29, 0.717) is 5.92 Å². The Morgan fingerprint density at radius 1 is 1.29 bits per heavy atom. The standard InChI is InChI=1S/C14H22N2O/c1-11(2)10-16-14(17)13-7-5-4-6-12(13)8-9-15-3/h4-7,11,15H,8-10H2,1-3H3,(H,16,17). The second-order valence-electron chi connectivity index (χ2n) is 4.61. The van der Waals surface area contributed by atoms with Gasteiger partial charge in [0.25, 0.3) is 5.91 Å². The van der Waals surface area contributed by atoms with E-state index >= 15 is 0 Å². The van der Waals surface area contributed by atoms with Crippen LogP contribution in [0.2, 0.25) is 0 Å². The van der Waals surface area contributed by atoms with Gasteiger partial charge in [0.2, 0.25) is 0 Å². The molecule has 2 N–H and O–H groups in total. The molecule has 0 saturated carbocycles. The van der Waals surface area contributed by atoms with Gasteiger partial charge in [-0.05, 0) is 37.6 Å². The van der Waals surface area contributed by atoms with Crippen LogP contribution in [0.5, 0.6) is 0 Å². The van der Waals surface area contributed by atoms with Crippen molar-refractivity contribution in [3.63, 3.8) is 0 Å². The van der Waals surface area contributed by atoms with E-state index in [1.165, 1.54) is 0 Å². The monoisotopic (exact) mass is 234 g/mol. The Labute approximate surface area is 104 Å². The fraction of sp³-hybridized carbons (Fsp3) is 0.500. The Kier molecular flexibility index (Phi) is 5.70. The van der Waals surface area contributed by atoms with Crippen LogP contribution >= 0.6 is 0 Å². The molecule has 1 rings (SSSR count). The molecule has 0 aliphatic carbocycles. The number of benzene rings is 1. The van der Waals surface area contributed by atoms with E-state index < -0.39 is 0 Å². The molecule has 1 amide bonds. The van der Waals surface area contributed by atoms with Gasteiger partial charge in [-0.2, -0.15) is 0 Å². The summed E-state index contributed by atoms with van der Waals surface area (Å²) in [7, 11) is 1.92. The van der Waals surface area contributed by atoms with Crippen LogP contribution in [0.15, 0.2) is 24.3 Å². The van der Waals surface area contributed by atoms with Crippen LogP contribution in [0.25, 0.3) is 0 Å². The number of carbonyl (C=O) groups is 1. The van der Waals surface area contributed by atoms with Gasteiger partial charge in [0, 0.05) is 12.1 Å². The predicted molar refractivity (Wildman–Crippen MR) is 71.2 cm³/mol. The lowest BCUT2D eigenvalue weighted by Crippen LogP contribution is -2.28. The van der Waals surface area contributed by atoms with Crippen LogP contribution in [-0.2, 0) is 6.42 Å². The van der Waals surface area contributed by atoms with Crippen LogP contribution in [0.1, 0.15) is 29.8 Å². The largest absolute Gasteiger partial charge is 0.352 e. The summed E-state index contributed by atoms with van der Waals surface area (Å²) in [6.45, 7) is 5.79. The molecule has 0 radical (unpaired) electrons. The molecule has 0 aromatic heterocycles. The van der Waals surface area contributed by atoms with Crippen molar-refractivity contribution in [1.29, 1.82) is 0 Å². The van der Waals surface area contributed by atoms with Gasteiger partial charge < -0.3 is 10.6 Å². The highest BCUT2D eigenvalue weighted by molar-refractivity contribution is 5.95. The third-order valence-electron chi connectivity index (χ3n) is 2.58. The van der Waals surface area contributed by atoms with Crippen LogP contribution in [0.3, 0.4) is 0 Å². The van der Waals surface area contributed by atoms with Crippen molar-refractivity contribution in [2.45, 2.75) is 20.3 Å². The van der Waals surface area contributed by atoms with Gasteiger partial charge >= 0.3 is 0 Å². The highest BCUT2D eigenvalue weighted by Gasteiger charge is 2.10. The van der Waals surface area contributed by atoms with Crippen molar-refractivity contribution < 1.29 is 4.79 Å². The molecule has 0 spiro atoms. The third kappa shape index (κ3) is 4.57. The SMILES string of the molecule is CNCCc1ccccc1C(=O)NCC(C)C. The lowest BCUT2D eigenvalue weighted by Gasteiger charge is -2.11. The number of hydrogen-bond acceptors (Lipinski definition) is 2. The van der Waals surface area contributed by atoms with Gasteiger partial charge in [0.05, 0.1) is 0 Å². The second kappa shape index (κ2) is 7.07. The van der Waals surface area contributed by atoms with Crippen LogP contribution < -0.4 is 10.6 Å². The third-order valence-corrected chi connectivity index (χ3v) is 2.58. The van der Waals surface area contributed by atoms with Crippen molar-refractivity contribution in [3.8, 4) is 0 Å². The maximum Gasteiger partial charge on any atom is 0.251 e. The first-order valence-electron chi connectivity index (χ1n) is 6.16. The van der Waals surface area contributed by atoms with E-state index in [1.807, 2.05) is 31.3 Å². The Morgan fingerprint density at radius 3 is 2.65 bits per heavy atom. The van der Waals surface area contributed by atoms with Crippen molar-refractivity contribution in [2.24, 2.45) is 5.92 Å². The van der Waals surface area contributed by atoms with Crippen molar-refractivity contribution in [3.05, 3.63) is 35.4 Å². The summed E-state index contributed by atoms with van der Waals surface area (Å²) >= 11 is 0. The van der Waals surface area contributed by atoms with Gasteiger partial charge in [-0.1, -0.05) is 32.0 Å². The highest BCUT2D eigenvalue weighted by Crippen LogP contribution is 2.09.